The topological polar surface area (TPSA) is 329 Å². The number of halogens is 1. The number of hydrogen-bond acceptors (Lipinski definition) is 14. The van der Waals surface area contributed by atoms with Crippen molar-refractivity contribution in [3.05, 3.63) is 247 Å². The summed E-state index contributed by atoms with van der Waals surface area (Å²) in [5, 5.41) is 49.2. The number of carbonyl (C=O) groups excluding carboxylic acids is 2. The van der Waals surface area contributed by atoms with Crippen LogP contribution in [0.2, 0.25) is 0 Å². The van der Waals surface area contributed by atoms with Gasteiger partial charge in [-0.25, -0.2) is 66.8 Å². The minimum atomic E-state index is -0.543. The Morgan fingerprint density at radius 3 is 1.07 bits per heavy atom. The molecule has 8 aromatic heterocycles. The van der Waals surface area contributed by atoms with Crippen LogP contribution in [0.3, 0.4) is 0 Å². The minimum absolute atomic E-state index is 0. The van der Waals surface area contributed by atoms with Gasteiger partial charge in [-0.05, 0) is 209 Å². The number of benzene rings is 8. The first-order valence-corrected chi connectivity index (χ1v) is 33.5. The van der Waals surface area contributed by atoms with E-state index in [1.54, 1.807) is 21.2 Å². The van der Waals surface area contributed by atoms with E-state index < -0.39 is 23.4 Å². The number of nitrogens with zero attached hydrogens (tertiary/aromatic N) is 8. The van der Waals surface area contributed by atoms with E-state index in [1.807, 2.05) is 151 Å². The number of H-pyrrole nitrogens is 4. The van der Waals surface area contributed by atoms with Gasteiger partial charge < -0.3 is 31.6 Å². The highest BCUT2D eigenvalue weighted by atomic mass is 35.5. The SMILES string of the molecule is CC(C)(C)OC(=O)NC/C=C/c1cn2c(=O)[nH]nc2c2cc3ccccc3cc12.CC(C)(C)OC(=O)NCCCc1cn2c(=O)[nH]nc2c2cc3ccccc3cc12.Cl.NC/C=C/c1cn2c(=O)[nH]nc2c2cc3ccccc3cc12.NCCCc1cn2c(=O)[nH]nc2c2cc3ccccc3cc12. The van der Waals surface area contributed by atoms with Crippen LogP contribution in [0.1, 0.15) is 76.6 Å². The molecule has 524 valence electrons. The third-order valence-electron chi connectivity index (χ3n) is 17.2. The van der Waals surface area contributed by atoms with Crippen LogP contribution >= 0.6 is 12.4 Å². The molecular formula is C78H77ClN16O8. The van der Waals surface area contributed by atoms with Gasteiger partial charge in [0.05, 0.1) is 0 Å². The Morgan fingerprint density at radius 1 is 0.427 bits per heavy atom. The van der Waals surface area contributed by atoms with E-state index in [0.29, 0.717) is 55.2 Å². The molecule has 16 aromatic rings. The number of alkyl carbamates (subject to hydrolysis) is 2. The summed E-state index contributed by atoms with van der Waals surface area (Å²) in [5.41, 5.74) is 15.6. The van der Waals surface area contributed by atoms with E-state index in [0.717, 1.165) is 122 Å². The van der Waals surface area contributed by atoms with Gasteiger partial charge in [-0.3, -0.25) is 0 Å². The first-order valence-electron chi connectivity index (χ1n) is 33.5. The lowest BCUT2D eigenvalue weighted by Gasteiger charge is -2.19. The number of nitrogens with one attached hydrogen (secondary N) is 6. The largest absolute Gasteiger partial charge is 0.444 e. The van der Waals surface area contributed by atoms with Crippen molar-refractivity contribution in [3.63, 3.8) is 0 Å². The molecule has 0 saturated carbocycles. The van der Waals surface area contributed by atoms with Crippen molar-refractivity contribution in [2.45, 2.75) is 78.4 Å². The Bertz CT molecular complexity index is 6220. The summed E-state index contributed by atoms with van der Waals surface area (Å²) in [4.78, 5) is 71.8. The number of aryl methyl sites for hydroxylation is 2. The number of pyridine rings is 4. The quantitative estimate of drug-likeness (QED) is 0.0417. The van der Waals surface area contributed by atoms with Gasteiger partial charge in [0.1, 0.15) is 11.2 Å². The van der Waals surface area contributed by atoms with E-state index in [2.05, 4.69) is 124 Å². The maximum absolute atomic E-state index is 12.2. The van der Waals surface area contributed by atoms with E-state index in [4.69, 9.17) is 20.9 Å². The molecule has 10 N–H and O–H groups in total. The summed E-state index contributed by atoms with van der Waals surface area (Å²) in [6, 6.07) is 49.4. The minimum Gasteiger partial charge on any atom is -0.444 e. The highest BCUT2D eigenvalue weighted by Crippen LogP contribution is 2.33. The van der Waals surface area contributed by atoms with E-state index in [1.165, 1.54) is 14.2 Å². The van der Waals surface area contributed by atoms with Crippen molar-refractivity contribution in [2.75, 3.05) is 26.2 Å². The predicted octanol–water partition coefficient (Wildman–Crippen LogP) is 12.6. The zero-order chi connectivity index (χ0) is 71.4. The Morgan fingerprint density at radius 2 is 0.728 bits per heavy atom. The normalized spacial score (nSPS) is 11.9. The van der Waals surface area contributed by atoms with Crippen molar-refractivity contribution in [3.8, 4) is 0 Å². The molecule has 0 aliphatic heterocycles. The van der Waals surface area contributed by atoms with Gasteiger partial charge in [0.25, 0.3) is 0 Å². The Kier molecular flexibility index (Phi) is 20.5. The van der Waals surface area contributed by atoms with Crippen LogP contribution in [0.25, 0.3) is 121 Å². The Labute approximate surface area is 593 Å². The third kappa shape index (κ3) is 15.4. The maximum Gasteiger partial charge on any atom is 0.407 e. The van der Waals surface area contributed by atoms with E-state index >= 15 is 0 Å². The van der Waals surface area contributed by atoms with E-state index in [-0.39, 0.29) is 35.2 Å². The van der Waals surface area contributed by atoms with Crippen LogP contribution in [0.4, 0.5) is 9.59 Å². The summed E-state index contributed by atoms with van der Waals surface area (Å²) in [7, 11) is 0. The number of carbonyl (C=O) groups is 2. The van der Waals surface area contributed by atoms with Gasteiger partial charge in [-0.15, -0.1) is 12.4 Å². The van der Waals surface area contributed by atoms with Gasteiger partial charge in [-0.2, -0.15) is 20.4 Å². The van der Waals surface area contributed by atoms with Crippen molar-refractivity contribution >= 4 is 146 Å². The van der Waals surface area contributed by atoms with Crippen LogP contribution in [-0.2, 0) is 22.3 Å². The molecule has 24 nitrogen and oxygen atoms in total. The highest BCUT2D eigenvalue weighted by Gasteiger charge is 2.19. The molecule has 25 heteroatoms. The van der Waals surface area contributed by atoms with Gasteiger partial charge in [0, 0.05) is 66.0 Å². The Balaban J connectivity index is 0.000000130. The second kappa shape index (κ2) is 29.9. The molecule has 0 aliphatic rings. The Hall–Kier alpha value is -12.3. The summed E-state index contributed by atoms with van der Waals surface area (Å²) in [5.74, 6) is 0. The number of amides is 2. The predicted molar refractivity (Wildman–Crippen MR) is 412 cm³/mol. The molecule has 0 radical (unpaired) electrons. The first-order chi connectivity index (χ1) is 49.2. The average molecular weight is 1400 g/mol. The lowest BCUT2D eigenvalue weighted by atomic mass is 9.99. The van der Waals surface area contributed by atoms with Gasteiger partial charge >= 0.3 is 34.9 Å². The smallest absolute Gasteiger partial charge is 0.407 e. The van der Waals surface area contributed by atoms with Crippen LogP contribution in [0.15, 0.2) is 202 Å². The monoisotopic (exact) mass is 1400 g/mol. The molecule has 8 heterocycles. The standard InChI is InChI=1S/C22H24N4O3.C22H22N4O3.C17H16N4O.C17H14N4O.ClH/c2*1-22(2,3)29-21(28)23-10-6-9-16-13-26-19(24-25-20(26)27)18-12-15-8-5-4-7-14(15)11-17(16)18;2*18-7-3-6-13-10-21-16(19-20-17(21)22)15-9-12-5-2-1-4-11(12)8-14(13)15;/h4-5,7-8,11-13H,6,9-10H2,1-3H3,(H,23,28)(H,25,27);4-9,11-13H,10H2,1-3H3,(H,23,28)(H,25,27);1-2,4-5,8-10H,3,6-7,18H2,(H,20,22);1-6,8-10H,7,18H2,(H,20,22);1H/b;9-6+;;6-3+;. The fourth-order valence-corrected chi connectivity index (χ4v) is 12.6. The average Bonchev–Trinajstić information content (AvgIpc) is 1.74. The number of fused-ring (bicyclic) bond motifs is 16. The van der Waals surface area contributed by atoms with Crippen LogP contribution in [-0.4, -0.2) is 108 Å². The van der Waals surface area contributed by atoms with Crippen molar-refractivity contribution < 1.29 is 19.1 Å². The van der Waals surface area contributed by atoms with Crippen LogP contribution < -0.4 is 44.9 Å². The molecule has 0 saturated heterocycles. The molecule has 8 aromatic carbocycles. The summed E-state index contributed by atoms with van der Waals surface area (Å²) in [6.07, 6.45) is 17.1. The third-order valence-corrected chi connectivity index (χ3v) is 17.2. The molecule has 0 fully saturated rings. The zero-order valence-corrected chi connectivity index (χ0v) is 58.4. The molecular weight excluding hydrogens is 1320 g/mol. The van der Waals surface area contributed by atoms with Crippen molar-refractivity contribution in [1.29, 1.82) is 0 Å². The van der Waals surface area contributed by atoms with Gasteiger partial charge in [0.2, 0.25) is 0 Å². The van der Waals surface area contributed by atoms with Gasteiger partial charge in [0.15, 0.2) is 22.6 Å². The number of aromatic nitrogens is 12. The van der Waals surface area contributed by atoms with Crippen LogP contribution in [0, 0.1) is 0 Å². The van der Waals surface area contributed by atoms with Crippen molar-refractivity contribution in [1.82, 2.24) is 69.0 Å². The van der Waals surface area contributed by atoms with Crippen molar-refractivity contribution in [2.24, 2.45) is 11.5 Å². The number of aromatic amines is 4. The molecule has 0 bridgehead atoms. The number of hydrogen-bond donors (Lipinski definition) is 8. The second-order valence-electron chi connectivity index (χ2n) is 26.7. The number of ether oxygens (including phenoxy) is 2. The van der Waals surface area contributed by atoms with E-state index in [9.17, 15) is 28.8 Å². The lowest BCUT2D eigenvalue weighted by Crippen LogP contribution is -2.33. The molecule has 0 aliphatic carbocycles. The molecule has 16 rings (SSSR count). The number of rotatable bonds is 12. The summed E-state index contributed by atoms with van der Waals surface area (Å²) in [6.45, 7) is 12.8. The molecule has 0 atom stereocenters. The summed E-state index contributed by atoms with van der Waals surface area (Å²) < 4.78 is 16.7. The maximum atomic E-state index is 12.2. The first kappa shape index (κ1) is 70.6. The zero-order valence-electron chi connectivity index (χ0n) is 57.5. The molecule has 2 amide bonds. The van der Waals surface area contributed by atoms with Crippen LogP contribution in [0.5, 0.6) is 0 Å². The molecule has 0 spiro atoms. The second-order valence-corrected chi connectivity index (χ2v) is 26.7. The lowest BCUT2D eigenvalue weighted by molar-refractivity contribution is 0.0518. The number of nitrogens with two attached hydrogens (primary N) is 2. The summed E-state index contributed by atoms with van der Waals surface area (Å²) >= 11 is 0. The molecule has 103 heavy (non-hydrogen) atoms. The molecule has 0 unspecified atom stereocenters. The van der Waals surface area contributed by atoms with Gasteiger partial charge in [-0.1, -0.05) is 121 Å². The fourth-order valence-electron chi connectivity index (χ4n) is 12.6. The fraction of sp³-hybridized carbons (Fsp3) is 0.205. The highest BCUT2D eigenvalue weighted by molar-refractivity contribution is 6.09.